The smallest absolute Gasteiger partial charge is 0.416 e. The molecule has 0 spiro atoms. The van der Waals surface area contributed by atoms with Gasteiger partial charge in [-0.15, -0.1) is 10.2 Å². The highest BCUT2D eigenvalue weighted by Crippen LogP contribution is 2.47. The van der Waals surface area contributed by atoms with Gasteiger partial charge in [0, 0.05) is 18.4 Å². The maximum atomic E-state index is 14.4. The second-order valence-corrected chi connectivity index (χ2v) is 9.01. The molecule has 14 heteroatoms. The molecule has 2 aromatic carbocycles. The Balaban J connectivity index is 1.56. The number of carbonyl (C=O) groups is 1. The molecule has 2 aliphatic heterocycles. The van der Waals surface area contributed by atoms with Crippen molar-refractivity contribution in [2.45, 2.75) is 43.0 Å². The zero-order valence-electron chi connectivity index (χ0n) is 20.3. The highest BCUT2D eigenvalue weighted by molar-refractivity contribution is 6.19. The average molecular weight is 553 g/mol. The van der Waals surface area contributed by atoms with Crippen LogP contribution in [0, 0.1) is 0 Å². The quantitative estimate of drug-likeness (QED) is 0.457. The second kappa shape index (κ2) is 9.38. The first kappa shape index (κ1) is 26.7. The highest BCUT2D eigenvalue weighted by Gasteiger charge is 2.63. The van der Waals surface area contributed by atoms with Gasteiger partial charge in [0.1, 0.15) is 17.8 Å². The molecule has 3 heterocycles. The van der Waals surface area contributed by atoms with E-state index in [1.807, 2.05) is 0 Å². The summed E-state index contributed by atoms with van der Waals surface area (Å²) in [7, 11) is 0.821. The second-order valence-electron chi connectivity index (χ2n) is 9.01. The molecule has 5 rings (SSSR count). The van der Waals surface area contributed by atoms with Crippen LogP contribution >= 0.6 is 0 Å². The number of benzene rings is 2. The van der Waals surface area contributed by atoms with Crippen molar-refractivity contribution in [1.29, 1.82) is 0 Å². The molecule has 0 saturated carbocycles. The molecule has 8 nitrogen and oxygen atoms in total. The number of nitrogens with one attached hydrogen (secondary N) is 2. The van der Waals surface area contributed by atoms with E-state index in [1.54, 1.807) is 18.2 Å². The molecular weight excluding hydrogens is 532 g/mol. The standard InChI is InChI=1S/C25H21F6N5O3/c1-13-16(20-33-34-22(39-20)23(38-2,25(29,30)31)15-11-7-4-8-12-15)21(37)36-19(32-13)17(14-9-5-3-6-10-14)18(35-36)24(26,27)28/h3-12,17-19,32,35H,1-2H3/t17?,18?,19?,23-/m1/s1. The Hall–Kier alpha value is -3.91. The lowest BCUT2D eigenvalue weighted by Crippen LogP contribution is -2.54. The summed E-state index contributed by atoms with van der Waals surface area (Å²) in [4.78, 5) is 13.5. The van der Waals surface area contributed by atoms with Crippen LogP contribution in [0.1, 0.15) is 35.7 Å². The maximum Gasteiger partial charge on any atom is 0.430 e. The normalized spacial score (nSPS) is 23.4. The Labute approximate surface area is 217 Å². The van der Waals surface area contributed by atoms with Crippen LogP contribution in [0.25, 0.3) is 5.57 Å². The number of hydrogen-bond acceptors (Lipinski definition) is 7. The number of rotatable bonds is 5. The first-order valence-corrected chi connectivity index (χ1v) is 11.6. The van der Waals surface area contributed by atoms with E-state index in [4.69, 9.17) is 9.15 Å². The molecule has 4 atom stereocenters. The number of amides is 1. The minimum Gasteiger partial charge on any atom is -0.416 e. The van der Waals surface area contributed by atoms with Gasteiger partial charge in [0.15, 0.2) is 0 Å². The summed E-state index contributed by atoms with van der Waals surface area (Å²) in [6.45, 7) is 1.39. The molecule has 3 unspecified atom stereocenters. The van der Waals surface area contributed by atoms with Crippen molar-refractivity contribution in [2.75, 3.05) is 7.11 Å². The third-order valence-electron chi connectivity index (χ3n) is 6.79. The molecule has 2 N–H and O–H groups in total. The van der Waals surface area contributed by atoms with Gasteiger partial charge < -0.3 is 14.5 Å². The fourth-order valence-corrected chi connectivity index (χ4v) is 5.01. The molecule has 0 radical (unpaired) electrons. The van der Waals surface area contributed by atoms with Gasteiger partial charge in [-0.1, -0.05) is 60.7 Å². The van der Waals surface area contributed by atoms with Gasteiger partial charge in [-0.05, 0) is 12.5 Å². The number of methoxy groups -OCH3 is 1. The lowest BCUT2D eigenvalue weighted by Gasteiger charge is -2.34. The predicted octanol–water partition coefficient (Wildman–Crippen LogP) is 4.24. The number of carbonyl (C=O) groups excluding carboxylic acids is 1. The van der Waals surface area contributed by atoms with E-state index in [1.165, 1.54) is 49.4 Å². The first-order chi connectivity index (χ1) is 18.4. The Kier molecular flexibility index (Phi) is 6.42. The Morgan fingerprint density at radius 1 is 0.949 bits per heavy atom. The Morgan fingerprint density at radius 3 is 2.13 bits per heavy atom. The summed E-state index contributed by atoms with van der Waals surface area (Å²) in [5.74, 6) is -3.82. The Bertz CT molecular complexity index is 1390. The van der Waals surface area contributed by atoms with Crippen LogP contribution in [0.4, 0.5) is 26.3 Å². The van der Waals surface area contributed by atoms with Crippen molar-refractivity contribution < 1.29 is 40.3 Å². The number of ether oxygens (including phenoxy) is 1. The largest absolute Gasteiger partial charge is 0.430 e. The van der Waals surface area contributed by atoms with Crippen LogP contribution in [0.2, 0.25) is 0 Å². The van der Waals surface area contributed by atoms with Crippen LogP contribution in [-0.2, 0) is 15.1 Å². The van der Waals surface area contributed by atoms with Crippen LogP contribution in [0.15, 0.2) is 70.8 Å². The zero-order valence-corrected chi connectivity index (χ0v) is 20.3. The van der Waals surface area contributed by atoms with Crippen molar-refractivity contribution in [1.82, 2.24) is 25.9 Å². The SMILES string of the molecule is CO[C@](c1ccccc1)(c1nnc(C2=C(C)NC3C(c4ccccc4)C(C(F)(F)F)NN3C2=O)o1)C(F)(F)F. The average Bonchev–Trinajstić information content (AvgIpc) is 3.51. The minimum atomic E-state index is -5.06. The van der Waals surface area contributed by atoms with Crippen molar-refractivity contribution in [3.63, 3.8) is 0 Å². The molecule has 2 aliphatic rings. The summed E-state index contributed by atoms with van der Waals surface area (Å²) in [6.07, 6.45) is -10.9. The Morgan fingerprint density at radius 2 is 1.56 bits per heavy atom. The maximum absolute atomic E-state index is 14.4. The van der Waals surface area contributed by atoms with Gasteiger partial charge in [0.25, 0.3) is 23.3 Å². The lowest BCUT2D eigenvalue weighted by atomic mass is 9.89. The van der Waals surface area contributed by atoms with E-state index < -0.39 is 53.8 Å². The fourth-order valence-electron chi connectivity index (χ4n) is 5.01. The van der Waals surface area contributed by atoms with Crippen LogP contribution in [-0.4, -0.2) is 52.8 Å². The summed E-state index contributed by atoms with van der Waals surface area (Å²) >= 11 is 0. The molecule has 39 heavy (non-hydrogen) atoms. The van der Waals surface area contributed by atoms with Crippen LogP contribution < -0.4 is 10.7 Å². The molecule has 1 amide bonds. The van der Waals surface area contributed by atoms with Crippen molar-refractivity contribution in [3.05, 3.63) is 89.3 Å². The van der Waals surface area contributed by atoms with Gasteiger partial charge >= 0.3 is 12.4 Å². The van der Waals surface area contributed by atoms with E-state index in [2.05, 4.69) is 20.9 Å². The molecule has 0 aliphatic carbocycles. The minimum absolute atomic E-state index is 0.0525. The number of nitrogens with zero attached hydrogens (tertiary/aromatic N) is 3. The number of alkyl halides is 6. The number of hydrogen-bond donors (Lipinski definition) is 2. The monoisotopic (exact) mass is 553 g/mol. The van der Waals surface area contributed by atoms with Gasteiger partial charge in [-0.25, -0.2) is 10.4 Å². The number of allylic oxidation sites excluding steroid dienone is 1. The fraction of sp³-hybridized carbons (Fsp3) is 0.320. The molecule has 1 fully saturated rings. The van der Waals surface area contributed by atoms with Crippen molar-refractivity contribution >= 4 is 11.5 Å². The molecular formula is C25H21F6N5O3. The van der Waals surface area contributed by atoms with E-state index in [0.29, 0.717) is 5.56 Å². The molecule has 0 bridgehead atoms. The molecule has 3 aromatic rings. The number of aromatic nitrogens is 2. The summed E-state index contributed by atoms with van der Waals surface area (Å²) < 4.78 is 95.6. The molecule has 206 valence electrons. The van der Waals surface area contributed by atoms with Gasteiger partial charge in [0.2, 0.25) is 0 Å². The molecule has 1 aromatic heterocycles. The van der Waals surface area contributed by atoms with E-state index in [-0.39, 0.29) is 16.8 Å². The van der Waals surface area contributed by atoms with Crippen LogP contribution in [0.3, 0.4) is 0 Å². The summed E-state index contributed by atoms with van der Waals surface area (Å²) in [6, 6.07) is 12.3. The topological polar surface area (TPSA) is 92.5 Å². The van der Waals surface area contributed by atoms with E-state index in [0.717, 1.165) is 12.1 Å². The van der Waals surface area contributed by atoms with Gasteiger partial charge in [-0.2, -0.15) is 26.3 Å². The third kappa shape index (κ3) is 4.23. The number of hydrazine groups is 1. The van der Waals surface area contributed by atoms with Crippen LogP contribution in [0.5, 0.6) is 0 Å². The first-order valence-electron chi connectivity index (χ1n) is 11.6. The van der Waals surface area contributed by atoms with Crippen molar-refractivity contribution in [3.8, 4) is 0 Å². The summed E-state index contributed by atoms with van der Waals surface area (Å²) in [5, 5.41) is 10.8. The van der Waals surface area contributed by atoms with Gasteiger partial charge in [-0.3, -0.25) is 4.79 Å². The summed E-state index contributed by atoms with van der Waals surface area (Å²) in [5.41, 5.74) is -1.30. The van der Waals surface area contributed by atoms with Crippen molar-refractivity contribution in [2.24, 2.45) is 0 Å². The van der Waals surface area contributed by atoms with Gasteiger partial charge in [0.05, 0.1) is 5.92 Å². The predicted molar refractivity (Wildman–Crippen MR) is 123 cm³/mol. The third-order valence-corrected chi connectivity index (χ3v) is 6.79. The zero-order chi connectivity index (χ0) is 28.2. The number of fused-ring (bicyclic) bond motifs is 1. The molecule has 1 saturated heterocycles. The lowest BCUT2D eigenvalue weighted by molar-refractivity contribution is -0.265. The van der Waals surface area contributed by atoms with E-state index >= 15 is 0 Å². The van der Waals surface area contributed by atoms with E-state index in [9.17, 15) is 31.1 Å². The highest BCUT2D eigenvalue weighted by atomic mass is 19.4. The number of halogens is 6.